The lowest BCUT2D eigenvalue weighted by molar-refractivity contribution is -0.140. The van der Waals surface area contributed by atoms with E-state index in [1.807, 2.05) is 28.1 Å². The predicted octanol–water partition coefficient (Wildman–Crippen LogP) is 2.13. The molecule has 150 valence electrons. The number of benzene rings is 1. The van der Waals surface area contributed by atoms with E-state index in [0.717, 1.165) is 31.2 Å². The average molecular weight is 384 g/mol. The van der Waals surface area contributed by atoms with Crippen molar-refractivity contribution in [2.75, 3.05) is 39.3 Å². The minimum Gasteiger partial charge on any atom is -0.368 e. The van der Waals surface area contributed by atoms with Gasteiger partial charge >= 0.3 is 6.03 Å². The molecule has 0 saturated carbocycles. The van der Waals surface area contributed by atoms with Crippen molar-refractivity contribution >= 4 is 22.8 Å². The van der Waals surface area contributed by atoms with E-state index >= 15 is 0 Å². The van der Waals surface area contributed by atoms with Crippen molar-refractivity contribution in [3.05, 3.63) is 36.0 Å². The average Bonchev–Trinajstić information content (AvgIpc) is 3.32. The van der Waals surface area contributed by atoms with Crippen LogP contribution in [0.4, 0.5) is 4.79 Å². The highest BCUT2D eigenvalue weighted by atomic mass is 16.5. The molecule has 2 aliphatic rings. The second-order valence-electron chi connectivity index (χ2n) is 7.51. The highest BCUT2D eigenvalue weighted by molar-refractivity contribution is 5.83. The highest BCUT2D eigenvalue weighted by Crippen LogP contribution is 2.18. The minimum atomic E-state index is -0.281. The summed E-state index contributed by atoms with van der Waals surface area (Å²) in [6.07, 6.45) is 5.08. The van der Waals surface area contributed by atoms with Gasteiger partial charge in [0.25, 0.3) is 5.91 Å². The molecule has 1 aromatic carbocycles. The topological polar surface area (TPSA) is 77.7 Å². The lowest BCUT2D eigenvalue weighted by atomic mass is 10.1. The van der Waals surface area contributed by atoms with Crippen LogP contribution in [-0.2, 0) is 16.0 Å². The zero-order chi connectivity index (χ0) is 19.3. The monoisotopic (exact) mass is 384 g/mol. The third-order valence-electron chi connectivity index (χ3n) is 5.65. The second-order valence-corrected chi connectivity index (χ2v) is 7.51. The van der Waals surface area contributed by atoms with Gasteiger partial charge in [0.05, 0.1) is 0 Å². The van der Waals surface area contributed by atoms with E-state index in [0.29, 0.717) is 39.3 Å². The molecule has 7 nitrogen and oxygen atoms in total. The molecule has 2 fully saturated rings. The molecule has 2 aromatic rings. The first-order valence-electron chi connectivity index (χ1n) is 10.2. The van der Waals surface area contributed by atoms with Gasteiger partial charge in [-0.15, -0.1) is 0 Å². The first kappa shape index (κ1) is 18.8. The van der Waals surface area contributed by atoms with Crippen LogP contribution >= 0.6 is 0 Å². The molecule has 0 radical (unpaired) electrons. The number of rotatable bonds is 4. The predicted molar refractivity (Wildman–Crippen MR) is 107 cm³/mol. The number of aromatic amines is 1. The number of carbonyl (C=O) groups is 2. The van der Waals surface area contributed by atoms with E-state index < -0.39 is 0 Å². The van der Waals surface area contributed by atoms with Crippen LogP contribution in [-0.4, -0.2) is 72.2 Å². The van der Waals surface area contributed by atoms with Gasteiger partial charge in [-0.05, 0) is 37.3 Å². The Kier molecular flexibility index (Phi) is 5.81. The number of carbonyl (C=O) groups excluding carboxylic acids is 2. The second kappa shape index (κ2) is 8.65. The Morgan fingerprint density at radius 2 is 1.93 bits per heavy atom. The number of aromatic nitrogens is 1. The van der Waals surface area contributed by atoms with Crippen LogP contribution in [0, 0.1) is 0 Å². The van der Waals surface area contributed by atoms with Crippen LogP contribution in [0.15, 0.2) is 30.5 Å². The molecule has 0 aliphatic carbocycles. The Bertz CT molecular complexity index is 828. The van der Waals surface area contributed by atoms with E-state index in [1.54, 1.807) is 0 Å². The Labute approximate surface area is 165 Å². The smallest absolute Gasteiger partial charge is 0.317 e. The molecule has 0 bridgehead atoms. The maximum atomic E-state index is 12.6. The van der Waals surface area contributed by atoms with Crippen LogP contribution in [0.1, 0.15) is 24.8 Å². The van der Waals surface area contributed by atoms with Crippen molar-refractivity contribution < 1.29 is 14.3 Å². The molecule has 2 saturated heterocycles. The van der Waals surface area contributed by atoms with Gasteiger partial charge in [-0.2, -0.15) is 0 Å². The third-order valence-corrected chi connectivity index (χ3v) is 5.65. The van der Waals surface area contributed by atoms with E-state index in [9.17, 15) is 9.59 Å². The van der Waals surface area contributed by atoms with Gasteiger partial charge in [0.1, 0.15) is 6.10 Å². The standard InChI is InChI=1S/C21H28N4O3/c26-20(19-7-3-14-28-19)24-10-4-11-25(13-12-24)21(27)22-9-8-16-15-23-18-6-2-1-5-17(16)18/h1-2,5-6,15,19,23H,3-4,7-14H2,(H,22,27)/t19-/m1/s1. The molecule has 0 unspecified atom stereocenters. The summed E-state index contributed by atoms with van der Waals surface area (Å²) < 4.78 is 5.52. The number of hydrogen-bond donors (Lipinski definition) is 2. The molecule has 0 spiro atoms. The Morgan fingerprint density at radius 1 is 1.11 bits per heavy atom. The van der Waals surface area contributed by atoms with Crippen molar-refractivity contribution in [1.29, 1.82) is 0 Å². The van der Waals surface area contributed by atoms with Gasteiger partial charge in [-0.1, -0.05) is 18.2 Å². The fourth-order valence-electron chi connectivity index (χ4n) is 4.07. The van der Waals surface area contributed by atoms with Crippen LogP contribution in [0.2, 0.25) is 0 Å². The lowest BCUT2D eigenvalue weighted by Gasteiger charge is -2.24. The van der Waals surface area contributed by atoms with Gasteiger partial charge < -0.3 is 24.8 Å². The number of urea groups is 1. The van der Waals surface area contributed by atoms with Crippen molar-refractivity contribution in [2.24, 2.45) is 0 Å². The number of ether oxygens (including phenoxy) is 1. The normalized spacial score (nSPS) is 20.4. The summed E-state index contributed by atoms with van der Waals surface area (Å²) >= 11 is 0. The molecular formula is C21H28N4O3. The lowest BCUT2D eigenvalue weighted by Crippen LogP contribution is -2.44. The summed E-state index contributed by atoms with van der Waals surface area (Å²) in [6.45, 7) is 3.78. The number of para-hydroxylation sites is 1. The number of nitrogens with zero attached hydrogens (tertiary/aromatic N) is 2. The summed E-state index contributed by atoms with van der Waals surface area (Å²) in [6, 6.07) is 8.14. The van der Waals surface area contributed by atoms with E-state index in [4.69, 9.17) is 4.74 Å². The largest absolute Gasteiger partial charge is 0.368 e. The quantitative estimate of drug-likeness (QED) is 0.848. The van der Waals surface area contributed by atoms with Gasteiger partial charge in [0, 0.05) is 56.4 Å². The van der Waals surface area contributed by atoms with Crippen LogP contribution in [0.25, 0.3) is 10.9 Å². The highest BCUT2D eigenvalue weighted by Gasteiger charge is 2.30. The van der Waals surface area contributed by atoms with Gasteiger partial charge in [-0.25, -0.2) is 4.79 Å². The zero-order valence-electron chi connectivity index (χ0n) is 16.2. The van der Waals surface area contributed by atoms with E-state index in [1.165, 1.54) is 10.9 Å². The summed E-state index contributed by atoms with van der Waals surface area (Å²) in [5.74, 6) is 0.0825. The Balaban J connectivity index is 1.25. The number of fused-ring (bicyclic) bond motifs is 1. The molecule has 2 N–H and O–H groups in total. The molecule has 7 heteroatoms. The first-order chi connectivity index (χ1) is 13.7. The summed E-state index contributed by atoms with van der Waals surface area (Å²) in [5.41, 5.74) is 2.33. The molecule has 3 heterocycles. The molecule has 3 amide bonds. The van der Waals surface area contributed by atoms with E-state index in [2.05, 4.69) is 22.4 Å². The fourth-order valence-corrected chi connectivity index (χ4v) is 4.07. The van der Waals surface area contributed by atoms with Crippen molar-refractivity contribution in [3.8, 4) is 0 Å². The molecule has 28 heavy (non-hydrogen) atoms. The van der Waals surface area contributed by atoms with Crippen molar-refractivity contribution in [2.45, 2.75) is 31.8 Å². The number of hydrogen-bond acceptors (Lipinski definition) is 3. The molecule has 4 rings (SSSR count). The van der Waals surface area contributed by atoms with Crippen LogP contribution in [0.5, 0.6) is 0 Å². The summed E-state index contributed by atoms with van der Waals surface area (Å²) in [5, 5.41) is 4.23. The van der Waals surface area contributed by atoms with Crippen LogP contribution < -0.4 is 5.32 Å². The number of amides is 3. The summed E-state index contributed by atoms with van der Waals surface area (Å²) in [7, 11) is 0. The minimum absolute atomic E-state index is 0.0498. The summed E-state index contributed by atoms with van der Waals surface area (Å²) in [4.78, 5) is 32.0. The number of nitrogens with one attached hydrogen (secondary N) is 2. The van der Waals surface area contributed by atoms with Gasteiger partial charge in [0.2, 0.25) is 0 Å². The van der Waals surface area contributed by atoms with Gasteiger partial charge in [0.15, 0.2) is 0 Å². The fraction of sp³-hybridized carbons (Fsp3) is 0.524. The van der Waals surface area contributed by atoms with Crippen LogP contribution in [0.3, 0.4) is 0 Å². The van der Waals surface area contributed by atoms with Crippen molar-refractivity contribution in [3.63, 3.8) is 0 Å². The molecule has 2 aliphatic heterocycles. The zero-order valence-corrected chi connectivity index (χ0v) is 16.2. The molecule has 1 aromatic heterocycles. The van der Waals surface area contributed by atoms with Crippen molar-refractivity contribution in [1.82, 2.24) is 20.1 Å². The Morgan fingerprint density at radius 3 is 2.79 bits per heavy atom. The molecule has 1 atom stereocenters. The molecular weight excluding hydrogens is 356 g/mol. The third kappa shape index (κ3) is 4.14. The maximum Gasteiger partial charge on any atom is 0.317 e. The maximum absolute atomic E-state index is 12.6. The van der Waals surface area contributed by atoms with E-state index in [-0.39, 0.29) is 18.0 Å². The first-order valence-corrected chi connectivity index (χ1v) is 10.2. The SMILES string of the molecule is O=C(NCCc1c[nH]c2ccccc12)N1CCCN(C(=O)[C@H]2CCCO2)CC1. The Hall–Kier alpha value is -2.54. The number of H-pyrrole nitrogens is 1. The van der Waals surface area contributed by atoms with Gasteiger partial charge in [-0.3, -0.25) is 4.79 Å².